The van der Waals surface area contributed by atoms with Crippen molar-refractivity contribution in [3.05, 3.63) is 27.4 Å². The number of aromatic nitrogens is 1. The van der Waals surface area contributed by atoms with E-state index in [4.69, 9.17) is 0 Å². The highest BCUT2D eigenvalue weighted by Gasteiger charge is 2.36. The number of nitro groups is 1. The second-order valence-corrected chi connectivity index (χ2v) is 3.62. The number of carbonyl (C=O) groups excluding carboxylic acids is 1. The SMILES string of the molecule is COC(=O)Cc1cc([N+](=O)[O-])c(OC(F)(F)F)nc1C. The molecule has 0 unspecified atom stereocenters. The summed E-state index contributed by atoms with van der Waals surface area (Å²) >= 11 is 0. The molecule has 10 heteroatoms. The number of carbonyl (C=O) groups is 1. The van der Waals surface area contributed by atoms with Gasteiger partial charge in [0.2, 0.25) is 0 Å². The third kappa shape index (κ3) is 4.07. The van der Waals surface area contributed by atoms with Crippen molar-refractivity contribution in [3.8, 4) is 5.88 Å². The van der Waals surface area contributed by atoms with Crippen LogP contribution >= 0.6 is 0 Å². The number of rotatable bonds is 4. The lowest BCUT2D eigenvalue weighted by atomic mass is 10.1. The normalized spacial score (nSPS) is 11.1. The van der Waals surface area contributed by atoms with Crippen molar-refractivity contribution in [3.63, 3.8) is 0 Å². The van der Waals surface area contributed by atoms with Gasteiger partial charge in [-0.25, -0.2) is 4.98 Å². The maximum absolute atomic E-state index is 12.1. The summed E-state index contributed by atoms with van der Waals surface area (Å²) in [6, 6.07) is 0.806. The highest BCUT2D eigenvalue weighted by atomic mass is 19.4. The molecule has 7 nitrogen and oxygen atoms in total. The number of hydrogen-bond donors (Lipinski definition) is 0. The minimum Gasteiger partial charge on any atom is -0.469 e. The van der Waals surface area contributed by atoms with Crippen LogP contribution in [0.5, 0.6) is 5.88 Å². The number of aryl methyl sites for hydroxylation is 1. The van der Waals surface area contributed by atoms with Crippen LogP contribution < -0.4 is 4.74 Å². The van der Waals surface area contributed by atoms with Crippen molar-refractivity contribution in [2.75, 3.05) is 7.11 Å². The maximum Gasteiger partial charge on any atom is 0.574 e. The van der Waals surface area contributed by atoms with Crippen LogP contribution in [0, 0.1) is 17.0 Å². The fourth-order valence-corrected chi connectivity index (χ4v) is 1.33. The highest BCUT2D eigenvalue weighted by Crippen LogP contribution is 2.31. The monoisotopic (exact) mass is 294 g/mol. The third-order valence-corrected chi connectivity index (χ3v) is 2.24. The van der Waals surface area contributed by atoms with Gasteiger partial charge in [-0.3, -0.25) is 14.9 Å². The van der Waals surface area contributed by atoms with Gasteiger partial charge in [0.1, 0.15) is 0 Å². The zero-order valence-electron chi connectivity index (χ0n) is 10.4. The summed E-state index contributed by atoms with van der Waals surface area (Å²) in [6.45, 7) is 1.30. The fourth-order valence-electron chi connectivity index (χ4n) is 1.33. The Bertz CT molecular complexity index is 544. The van der Waals surface area contributed by atoms with Gasteiger partial charge in [-0.2, -0.15) is 0 Å². The second kappa shape index (κ2) is 5.72. The van der Waals surface area contributed by atoms with E-state index in [2.05, 4.69) is 14.5 Å². The molecular formula is C10H9F3N2O5. The predicted molar refractivity (Wildman–Crippen MR) is 58.0 cm³/mol. The van der Waals surface area contributed by atoms with Gasteiger partial charge in [-0.1, -0.05) is 0 Å². The minimum atomic E-state index is -5.10. The summed E-state index contributed by atoms with van der Waals surface area (Å²) in [7, 11) is 1.11. The van der Waals surface area contributed by atoms with Gasteiger partial charge >= 0.3 is 23.9 Å². The molecule has 0 aromatic carbocycles. The summed E-state index contributed by atoms with van der Waals surface area (Å²) in [5.41, 5.74) is -0.898. The van der Waals surface area contributed by atoms with Gasteiger partial charge in [0.05, 0.1) is 18.5 Å². The summed E-state index contributed by atoms with van der Waals surface area (Å²) in [5, 5.41) is 10.7. The summed E-state index contributed by atoms with van der Waals surface area (Å²) in [6.07, 6.45) is -5.45. The Morgan fingerprint density at radius 3 is 2.55 bits per heavy atom. The first-order valence-corrected chi connectivity index (χ1v) is 5.11. The lowest BCUT2D eigenvalue weighted by Gasteiger charge is -2.10. The second-order valence-electron chi connectivity index (χ2n) is 3.62. The predicted octanol–water partition coefficient (Wildman–Crippen LogP) is 1.91. The quantitative estimate of drug-likeness (QED) is 0.478. The van der Waals surface area contributed by atoms with E-state index in [1.165, 1.54) is 6.92 Å². The van der Waals surface area contributed by atoms with Crippen molar-refractivity contribution < 1.29 is 32.4 Å². The molecule has 20 heavy (non-hydrogen) atoms. The maximum atomic E-state index is 12.1. The van der Waals surface area contributed by atoms with Crippen LogP contribution in [0.2, 0.25) is 0 Å². The van der Waals surface area contributed by atoms with Crippen LogP contribution in [0.1, 0.15) is 11.3 Å². The largest absolute Gasteiger partial charge is 0.574 e. The molecule has 0 atom stereocenters. The molecule has 0 saturated carbocycles. The standard InChI is InChI=1S/C10H9F3N2O5/c1-5-6(4-8(16)19-2)3-7(15(17)18)9(14-5)20-10(11,12)13/h3H,4H2,1-2H3. The lowest BCUT2D eigenvalue weighted by molar-refractivity contribution is -0.389. The first-order chi connectivity index (χ1) is 9.14. The molecule has 1 heterocycles. The topological polar surface area (TPSA) is 91.6 Å². The average molecular weight is 294 g/mol. The molecule has 0 aliphatic heterocycles. The highest BCUT2D eigenvalue weighted by molar-refractivity contribution is 5.73. The van der Waals surface area contributed by atoms with Gasteiger partial charge in [0.25, 0.3) is 0 Å². The van der Waals surface area contributed by atoms with Crippen LogP contribution in [0.25, 0.3) is 0 Å². The van der Waals surface area contributed by atoms with E-state index in [0.717, 1.165) is 13.2 Å². The molecule has 0 saturated heterocycles. The van der Waals surface area contributed by atoms with E-state index in [1.807, 2.05) is 0 Å². The molecule has 110 valence electrons. The van der Waals surface area contributed by atoms with Crippen LogP contribution in [0.15, 0.2) is 6.07 Å². The van der Waals surface area contributed by atoms with Crippen LogP contribution in [-0.4, -0.2) is 29.3 Å². The van der Waals surface area contributed by atoms with Gasteiger partial charge in [-0.05, 0) is 12.5 Å². The van der Waals surface area contributed by atoms with E-state index in [9.17, 15) is 28.1 Å². The Hall–Kier alpha value is -2.39. The summed E-state index contributed by atoms with van der Waals surface area (Å²) in [5.74, 6) is -1.87. The van der Waals surface area contributed by atoms with E-state index in [1.54, 1.807) is 0 Å². The lowest BCUT2D eigenvalue weighted by Crippen LogP contribution is -2.19. The van der Waals surface area contributed by atoms with E-state index in [-0.39, 0.29) is 17.7 Å². The molecule has 1 aromatic heterocycles. The Balaban J connectivity index is 3.24. The van der Waals surface area contributed by atoms with Gasteiger partial charge in [0.15, 0.2) is 0 Å². The number of esters is 1. The molecule has 0 spiro atoms. The molecule has 0 N–H and O–H groups in total. The third-order valence-electron chi connectivity index (χ3n) is 2.24. The molecular weight excluding hydrogens is 285 g/mol. The van der Waals surface area contributed by atoms with Gasteiger partial charge in [-0.15, -0.1) is 13.2 Å². The molecule has 0 aliphatic rings. The Morgan fingerprint density at radius 1 is 1.50 bits per heavy atom. The first-order valence-electron chi connectivity index (χ1n) is 5.11. The smallest absolute Gasteiger partial charge is 0.469 e. The zero-order chi connectivity index (χ0) is 15.5. The number of alkyl halides is 3. The number of ether oxygens (including phenoxy) is 2. The number of pyridine rings is 1. The van der Waals surface area contributed by atoms with E-state index >= 15 is 0 Å². The Kier molecular flexibility index (Phi) is 4.48. The van der Waals surface area contributed by atoms with Gasteiger partial charge in [0, 0.05) is 11.8 Å². The summed E-state index contributed by atoms with van der Waals surface area (Å²) < 4.78 is 44.2. The minimum absolute atomic E-state index is 0.000231. The molecule has 1 rings (SSSR count). The Labute approximate surface area is 110 Å². The molecule has 0 aliphatic carbocycles. The van der Waals surface area contributed by atoms with E-state index < -0.39 is 28.8 Å². The molecule has 0 fully saturated rings. The number of methoxy groups -OCH3 is 1. The average Bonchev–Trinajstić information content (AvgIpc) is 2.29. The molecule has 0 bridgehead atoms. The van der Waals surface area contributed by atoms with Crippen molar-refractivity contribution in [2.24, 2.45) is 0 Å². The number of halogens is 3. The van der Waals surface area contributed by atoms with Gasteiger partial charge < -0.3 is 9.47 Å². The van der Waals surface area contributed by atoms with Crippen molar-refractivity contribution in [2.45, 2.75) is 19.7 Å². The summed E-state index contributed by atoms with van der Waals surface area (Å²) in [4.78, 5) is 24.1. The number of hydrogen-bond acceptors (Lipinski definition) is 6. The van der Waals surface area contributed by atoms with Crippen molar-refractivity contribution in [1.29, 1.82) is 0 Å². The van der Waals surface area contributed by atoms with Crippen molar-refractivity contribution in [1.82, 2.24) is 4.98 Å². The van der Waals surface area contributed by atoms with Crippen LogP contribution in [0.3, 0.4) is 0 Å². The van der Waals surface area contributed by atoms with E-state index in [0.29, 0.717) is 0 Å². The Morgan fingerprint density at radius 2 is 2.10 bits per heavy atom. The molecule has 1 aromatic rings. The fraction of sp³-hybridized carbons (Fsp3) is 0.400. The molecule has 0 radical (unpaired) electrons. The first kappa shape index (κ1) is 15.7. The molecule has 0 amide bonds. The van der Waals surface area contributed by atoms with Crippen LogP contribution in [-0.2, 0) is 16.0 Å². The van der Waals surface area contributed by atoms with Crippen LogP contribution in [0.4, 0.5) is 18.9 Å². The zero-order valence-corrected chi connectivity index (χ0v) is 10.4. The van der Waals surface area contributed by atoms with Crippen molar-refractivity contribution >= 4 is 11.7 Å². The number of nitrogens with zero attached hydrogens (tertiary/aromatic N) is 2.